The fourth-order valence-corrected chi connectivity index (χ4v) is 3.22. The zero-order valence-electron chi connectivity index (χ0n) is 12.5. The number of amides is 1. The molecule has 7 nitrogen and oxygen atoms in total. The number of piperidine rings is 1. The summed E-state index contributed by atoms with van der Waals surface area (Å²) in [5.74, 6) is 0.247. The number of carbonyl (C=O) groups is 1. The maximum absolute atomic E-state index is 12.0. The number of nitrogens with zero attached hydrogens (tertiary/aromatic N) is 3. The molecule has 1 saturated heterocycles. The first-order valence-corrected chi connectivity index (χ1v) is 7.42. The summed E-state index contributed by atoms with van der Waals surface area (Å²) in [7, 11) is 0. The second-order valence-electron chi connectivity index (χ2n) is 5.86. The van der Waals surface area contributed by atoms with E-state index >= 15 is 0 Å². The van der Waals surface area contributed by atoms with Gasteiger partial charge in [-0.2, -0.15) is 0 Å². The third-order valence-corrected chi connectivity index (χ3v) is 4.07. The van der Waals surface area contributed by atoms with E-state index < -0.39 is 5.54 Å². The van der Waals surface area contributed by atoms with Gasteiger partial charge in [-0.15, -0.1) is 0 Å². The molecule has 0 radical (unpaired) electrons. The molecule has 1 amide bonds. The molecular formula is C15H20N6O. The molecule has 0 spiro atoms. The van der Waals surface area contributed by atoms with Crippen LogP contribution in [0.25, 0.3) is 11.2 Å². The lowest BCUT2D eigenvalue weighted by atomic mass is 9.78. The normalized spacial score (nSPS) is 25.1. The van der Waals surface area contributed by atoms with Crippen molar-refractivity contribution in [2.45, 2.75) is 18.9 Å². The van der Waals surface area contributed by atoms with Crippen LogP contribution in [0.5, 0.6) is 0 Å². The van der Waals surface area contributed by atoms with Crippen LogP contribution in [0.1, 0.15) is 18.9 Å². The summed E-state index contributed by atoms with van der Waals surface area (Å²) < 4.78 is 0. The van der Waals surface area contributed by atoms with E-state index in [2.05, 4.69) is 32.5 Å². The van der Waals surface area contributed by atoms with Gasteiger partial charge >= 0.3 is 0 Å². The summed E-state index contributed by atoms with van der Waals surface area (Å²) in [6.07, 6.45) is 5.79. The molecule has 22 heavy (non-hydrogen) atoms. The summed E-state index contributed by atoms with van der Waals surface area (Å²) in [5, 5.41) is 6.49. The van der Waals surface area contributed by atoms with Crippen LogP contribution in [0.2, 0.25) is 0 Å². The van der Waals surface area contributed by atoms with Crippen molar-refractivity contribution in [3.63, 3.8) is 0 Å². The number of pyridine rings is 1. The third-order valence-electron chi connectivity index (χ3n) is 4.07. The van der Waals surface area contributed by atoms with Crippen molar-refractivity contribution in [3.8, 4) is 0 Å². The minimum Gasteiger partial charge on any atom is -0.344 e. The van der Waals surface area contributed by atoms with E-state index in [1.165, 1.54) is 0 Å². The Labute approximate surface area is 128 Å². The van der Waals surface area contributed by atoms with E-state index in [1.54, 1.807) is 18.6 Å². The molecule has 1 fully saturated rings. The van der Waals surface area contributed by atoms with E-state index in [-0.39, 0.29) is 12.5 Å². The zero-order valence-corrected chi connectivity index (χ0v) is 12.5. The molecule has 2 aromatic rings. The van der Waals surface area contributed by atoms with Gasteiger partial charge in [0.2, 0.25) is 5.91 Å². The van der Waals surface area contributed by atoms with Crippen LogP contribution in [0.15, 0.2) is 24.7 Å². The van der Waals surface area contributed by atoms with Crippen LogP contribution in [0.3, 0.4) is 0 Å². The van der Waals surface area contributed by atoms with Crippen molar-refractivity contribution >= 4 is 17.1 Å². The van der Waals surface area contributed by atoms with Crippen molar-refractivity contribution < 1.29 is 4.79 Å². The van der Waals surface area contributed by atoms with E-state index in [9.17, 15) is 4.79 Å². The number of aromatic nitrogens is 3. The van der Waals surface area contributed by atoms with Crippen LogP contribution < -0.4 is 16.4 Å². The van der Waals surface area contributed by atoms with Crippen LogP contribution in [0.4, 0.5) is 0 Å². The molecule has 0 bridgehead atoms. The van der Waals surface area contributed by atoms with Gasteiger partial charge in [-0.3, -0.25) is 9.78 Å². The SMILES string of the molecule is C[C@@H]1CNC[C@](NC(=O)CN)(c2ccnc3nccnc23)C1. The number of hydrogen-bond donors (Lipinski definition) is 3. The van der Waals surface area contributed by atoms with Crippen LogP contribution in [0, 0.1) is 5.92 Å². The third kappa shape index (κ3) is 2.65. The summed E-state index contributed by atoms with van der Waals surface area (Å²) in [6.45, 7) is 3.68. The highest BCUT2D eigenvalue weighted by Gasteiger charge is 2.39. The van der Waals surface area contributed by atoms with E-state index in [0.29, 0.717) is 18.1 Å². The zero-order chi connectivity index (χ0) is 15.6. The lowest BCUT2D eigenvalue weighted by Crippen LogP contribution is -2.58. The molecule has 0 aliphatic carbocycles. The molecule has 3 heterocycles. The summed E-state index contributed by atoms with van der Waals surface area (Å²) in [5.41, 5.74) is 7.20. The maximum atomic E-state index is 12.0. The number of nitrogens with two attached hydrogens (primary N) is 1. The fraction of sp³-hybridized carbons (Fsp3) is 0.467. The highest BCUT2D eigenvalue weighted by atomic mass is 16.2. The van der Waals surface area contributed by atoms with Gasteiger partial charge < -0.3 is 16.4 Å². The number of hydrogen-bond acceptors (Lipinski definition) is 6. The minimum absolute atomic E-state index is 0.0369. The standard InChI is InChI=1S/C15H20N6O/c1-10-6-15(9-17-8-10,21-12(22)7-16)11-2-3-19-14-13(11)18-4-5-20-14/h2-5,10,17H,6-9,16H2,1H3,(H,21,22)/t10-,15-/m0/s1. The molecule has 2 aromatic heterocycles. The highest BCUT2D eigenvalue weighted by Crippen LogP contribution is 2.33. The molecule has 0 saturated carbocycles. The second kappa shape index (κ2) is 5.94. The van der Waals surface area contributed by atoms with Gasteiger partial charge in [0.25, 0.3) is 0 Å². The number of rotatable bonds is 3. The first-order valence-electron chi connectivity index (χ1n) is 7.42. The van der Waals surface area contributed by atoms with Crippen LogP contribution in [-0.4, -0.2) is 40.5 Å². The predicted octanol–water partition coefficient (Wildman–Crippen LogP) is -0.0756. The Bertz CT molecular complexity index is 685. The molecule has 1 aliphatic heterocycles. The molecular weight excluding hydrogens is 280 g/mol. The van der Waals surface area contributed by atoms with Gasteiger partial charge in [0.1, 0.15) is 5.52 Å². The molecule has 1 aliphatic rings. The fourth-order valence-electron chi connectivity index (χ4n) is 3.22. The molecule has 4 N–H and O–H groups in total. The van der Waals surface area contributed by atoms with E-state index in [1.807, 2.05) is 6.07 Å². The molecule has 0 aromatic carbocycles. The maximum Gasteiger partial charge on any atom is 0.234 e. The van der Waals surface area contributed by atoms with Gasteiger partial charge in [-0.1, -0.05) is 6.92 Å². The van der Waals surface area contributed by atoms with E-state index in [0.717, 1.165) is 24.0 Å². The van der Waals surface area contributed by atoms with E-state index in [4.69, 9.17) is 5.73 Å². The Kier molecular flexibility index (Phi) is 4.00. The molecule has 116 valence electrons. The quantitative estimate of drug-likeness (QED) is 0.732. The van der Waals surface area contributed by atoms with Crippen molar-refractivity contribution in [1.82, 2.24) is 25.6 Å². The number of fused-ring (bicyclic) bond motifs is 1. The minimum atomic E-state index is -0.536. The summed E-state index contributed by atoms with van der Waals surface area (Å²) in [6, 6.07) is 1.91. The van der Waals surface area contributed by atoms with Gasteiger partial charge in [-0.05, 0) is 24.9 Å². The largest absolute Gasteiger partial charge is 0.344 e. The Morgan fingerprint density at radius 2 is 2.18 bits per heavy atom. The van der Waals surface area contributed by atoms with Crippen molar-refractivity contribution in [2.24, 2.45) is 11.7 Å². The first-order chi connectivity index (χ1) is 10.6. The Morgan fingerprint density at radius 1 is 1.41 bits per heavy atom. The molecule has 7 heteroatoms. The average Bonchev–Trinajstić information content (AvgIpc) is 2.54. The molecule has 3 rings (SSSR count). The lowest BCUT2D eigenvalue weighted by Gasteiger charge is -2.41. The van der Waals surface area contributed by atoms with Crippen molar-refractivity contribution in [1.29, 1.82) is 0 Å². The Hall–Kier alpha value is -2.12. The first kappa shape index (κ1) is 14.8. The Morgan fingerprint density at radius 3 is 2.95 bits per heavy atom. The summed E-state index contributed by atoms with van der Waals surface area (Å²) >= 11 is 0. The number of carbonyl (C=O) groups excluding carboxylic acids is 1. The van der Waals surface area contributed by atoms with Gasteiger partial charge in [0.05, 0.1) is 12.1 Å². The number of nitrogens with one attached hydrogen (secondary N) is 2. The second-order valence-corrected chi connectivity index (χ2v) is 5.86. The monoisotopic (exact) mass is 300 g/mol. The Balaban J connectivity index is 2.13. The predicted molar refractivity (Wildman–Crippen MR) is 82.9 cm³/mol. The van der Waals surface area contributed by atoms with Gasteiger partial charge in [-0.25, -0.2) is 9.97 Å². The average molecular weight is 300 g/mol. The van der Waals surface area contributed by atoms with Crippen LogP contribution >= 0.6 is 0 Å². The molecule has 0 unspecified atom stereocenters. The lowest BCUT2D eigenvalue weighted by molar-refractivity contribution is -0.122. The molecule has 2 atom stereocenters. The van der Waals surface area contributed by atoms with Crippen molar-refractivity contribution in [3.05, 3.63) is 30.2 Å². The smallest absolute Gasteiger partial charge is 0.234 e. The summed E-state index contributed by atoms with van der Waals surface area (Å²) in [4.78, 5) is 24.9. The van der Waals surface area contributed by atoms with Crippen LogP contribution in [-0.2, 0) is 10.3 Å². The van der Waals surface area contributed by atoms with Gasteiger partial charge in [0.15, 0.2) is 5.65 Å². The topological polar surface area (TPSA) is 106 Å². The van der Waals surface area contributed by atoms with Gasteiger partial charge in [0, 0.05) is 30.7 Å². The highest BCUT2D eigenvalue weighted by molar-refractivity contribution is 5.81. The van der Waals surface area contributed by atoms with Crippen molar-refractivity contribution in [2.75, 3.05) is 19.6 Å².